The molecule has 0 unspecified atom stereocenters. The molecule has 0 radical (unpaired) electrons. The smallest absolute Gasteiger partial charge is 0.234 e. The molecule has 0 aliphatic heterocycles. The van der Waals surface area contributed by atoms with Crippen molar-refractivity contribution in [3.63, 3.8) is 0 Å². The van der Waals surface area contributed by atoms with Gasteiger partial charge in [0, 0.05) is 40.9 Å². The number of hydrogen-bond donors (Lipinski definition) is 1. The molecule has 0 atom stereocenters. The summed E-state index contributed by atoms with van der Waals surface area (Å²) in [5, 5.41) is 8.06. The molecule has 0 aliphatic carbocycles. The molecule has 5 nitrogen and oxygen atoms in total. The average Bonchev–Trinajstić information content (AvgIpc) is 2.26. The fourth-order valence-electron chi connectivity index (χ4n) is 0.865. The van der Waals surface area contributed by atoms with Gasteiger partial charge in [-0.15, -0.1) is 0 Å². The predicted octanol–water partition coefficient (Wildman–Crippen LogP) is 1.81. The minimum absolute atomic E-state index is 0. The Labute approximate surface area is 124 Å². The second-order valence-corrected chi connectivity index (χ2v) is 3.61. The van der Waals surface area contributed by atoms with Gasteiger partial charge < -0.3 is 11.5 Å². The molecular formula is C12H21N2O3Ti-. The Morgan fingerprint density at radius 1 is 1.06 bits per heavy atom. The number of isocyanates is 2. The standard InChI is InChI=1S/C9H13N2O2.C3H8O.Ti/c12-8-10-6-4-2-1-3-5-7-11-9-13;1-3(2)4;/h1H,2-7H2;3-4H,1-2H3;/q-1;;. The number of aliphatic hydroxyl groups is 1. The van der Waals surface area contributed by atoms with Crippen LogP contribution in [0.5, 0.6) is 0 Å². The van der Waals surface area contributed by atoms with E-state index in [1.165, 1.54) is 12.2 Å². The maximum Gasteiger partial charge on any atom is 0.234 e. The van der Waals surface area contributed by atoms with Crippen LogP contribution in [0.15, 0.2) is 9.98 Å². The number of aliphatic hydroxyl groups excluding tert-OH is 1. The first-order valence-electron chi connectivity index (χ1n) is 5.72. The van der Waals surface area contributed by atoms with E-state index in [9.17, 15) is 9.59 Å². The van der Waals surface area contributed by atoms with Gasteiger partial charge in [0.05, 0.1) is 0 Å². The Kier molecular flexibility index (Phi) is 27.2. The fourth-order valence-corrected chi connectivity index (χ4v) is 0.865. The molecule has 0 aliphatic rings. The van der Waals surface area contributed by atoms with Gasteiger partial charge in [0.2, 0.25) is 12.2 Å². The summed E-state index contributed by atoms with van der Waals surface area (Å²) in [6.07, 6.45) is 8.57. The number of unbranched alkanes of at least 4 members (excludes halogenated alkanes) is 4. The molecule has 0 bridgehead atoms. The number of hydrogen-bond acceptors (Lipinski definition) is 5. The minimum Gasteiger partial charge on any atom is -0.394 e. The van der Waals surface area contributed by atoms with Crippen LogP contribution < -0.4 is 0 Å². The summed E-state index contributed by atoms with van der Waals surface area (Å²) < 4.78 is 0. The van der Waals surface area contributed by atoms with E-state index in [1.807, 2.05) is 0 Å². The van der Waals surface area contributed by atoms with E-state index in [0.29, 0.717) is 13.1 Å². The third-order valence-electron chi connectivity index (χ3n) is 1.49. The van der Waals surface area contributed by atoms with Crippen molar-refractivity contribution in [2.45, 2.75) is 45.6 Å². The largest absolute Gasteiger partial charge is 0.394 e. The van der Waals surface area contributed by atoms with Crippen LogP contribution in [-0.2, 0) is 31.3 Å². The van der Waals surface area contributed by atoms with Gasteiger partial charge in [0.15, 0.2) is 0 Å². The fraction of sp³-hybridized carbons (Fsp3) is 0.750. The van der Waals surface area contributed by atoms with Crippen molar-refractivity contribution in [2.75, 3.05) is 13.1 Å². The van der Waals surface area contributed by atoms with Gasteiger partial charge >= 0.3 is 0 Å². The Bertz CT molecular complexity index is 223. The molecule has 0 saturated heterocycles. The monoisotopic (exact) mass is 289 g/mol. The Morgan fingerprint density at radius 2 is 1.39 bits per heavy atom. The Morgan fingerprint density at radius 3 is 1.67 bits per heavy atom. The number of nitrogens with zero attached hydrogens (tertiary/aromatic N) is 2. The summed E-state index contributed by atoms with van der Waals surface area (Å²) in [5.74, 6) is 0. The van der Waals surface area contributed by atoms with Crippen LogP contribution in [0, 0.1) is 6.42 Å². The van der Waals surface area contributed by atoms with E-state index in [1.54, 1.807) is 13.8 Å². The summed E-state index contributed by atoms with van der Waals surface area (Å²) in [6, 6.07) is 0. The van der Waals surface area contributed by atoms with Crippen LogP contribution >= 0.6 is 0 Å². The predicted molar refractivity (Wildman–Crippen MR) is 66.1 cm³/mol. The van der Waals surface area contributed by atoms with Crippen molar-refractivity contribution in [3.8, 4) is 0 Å². The summed E-state index contributed by atoms with van der Waals surface area (Å²) in [7, 11) is 0. The molecule has 0 aromatic carbocycles. The molecule has 0 rings (SSSR count). The van der Waals surface area contributed by atoms with E-state index < -0.39 is 0 Å². The first-order chi connectivity index (χ1) is 8.15. The molecule has 1 N–H and O–H groups in total. The van der Waals surface area contributed by atoms with Crippen molar-refractivity contribution in [1.29, 1.82) is 0 Å². The van der Waals surface area contributed by atoms with Gasteiger partial charge in [-0.3, -0.25) is 0 Å². The van der Waals surface area contributed by atoms with Crippen molar-refractivity contribution in [2.24, 2.45) is 9.98 Å². The average molecular weight is 289 g/mol. The molecule has 0 fully saturated rings. The molecule has 6 heteroatoms. The van der Waals surface area contributed by atoms with Crippen LogP contribution in [0.25, 0.3) is 0 Å². The van der Waals surface area contributed by atoms with Crippen molar-refractivity contribution in [3.05, 3.63) is 6.42 Å². The molecule has 18 heavy (non-hydrogen) atoms. The molecule has 0 amide bonds. The molecule has 0 aromatic rings. The Hall–Kier alpha value is -0.566. The zero-order chi connectivity index (χ0) is 13.4. The SMILES string of the molecule is CC(C)O.O=C=NCCC[CH-]CCCN=C=O.[Ti]. The van der Waals surface area contributed by atoms with Gasteiger partial charge in [-0.1, -0.05) is 12.8 Å². The van der Waals surface area contributed by atoms with Crippen molar-refractivity contribution >= 4 is 12.2 Å². The summed E-state index contributed by atoms with van der Waals surface area (Å²) >= 11 is 0. The third-order valence-corrected chi connectivity index (χ3v) is 1.49. The molecule has 0 spiro atoms. The first-order valence-corrected chi connectivity index (χ1v) is 5.72. The van der Waals surface area contributed by atoms with E-state index >= 15 is 0 Å². The van der Waals surface area contributed by atoms with Gasteiger partial charge in [0.1, 0.15) is 0 Å². The zero-order valence-electron chi connectivity index (χ0n) is 11.1. The summed E-state index contributed by atoms with van der Waals surface area (Å²) in [6.45, 7) is 4.54. The van der Waals surface area contributed by atoms with Crippen molar-refractivity contribution < 1.29 is 36.4 Å². The van der Waals surface area contributed by atoms with E-state index in [2.05, 4.69) is 16.4 Å². The maximum absolute atomic E-state index is 9.66. The van der Waals surface area contributed by atoms with E-state index in [-0.39, 0.29) is 27.8 Å². The maximum atomic E-state index is 9.66. The van der Waals surface area contributed by atoms with E-state index in [4.69, 9.17) is 5.11 Å². The molecule has 0 aromatic heterocycles. The topological polar surface area (TPSA) is 79.1 Å². The van der Waals surface area contributed by atoms with Crippen LogP contribution in [0.4, 0.5) is 0 Å². The third kappa shape index (κ3) is 36.1. The van der Waals surface area contributed by atoms with Gasteiger partial charge in [-0.05, 0) is 13.8 Å². The number of carbonyl (C=O) groups excluding carboxylic acids is 2. The molecular weight excluding hydrogens is 268 g/mol. The number of aliphatic imine (C=N–C) groups is 2. The van der Waals surface area contributed by atoms with Gasteiger partial charge in [-0.25, -0.2) is 19.6 Å². The molecule has 102 valence electrons. The minimum atomic E-state index is -0.167. The second kappa shape index (κ2) is 21.7. The first kappa shape index (κ1) is 22.6. The van der Waals surface area contributed by atoms with Crippen LogP contribution in [-0.4, -0.2) is 36.5 Å². The zero-order valence-corrected chi connectivity index (χ0v) is 12.6. The van der Waals surface area contributed by atoms with E-state index in [0.717, 1.165) is 25.7 Å². The van der Waals surface area contributed by atoms with Gasteiger partial charge in [-0.2, -0.15) is 12.8 Å². The second-order valence-electron chi connectivity index (χ2n) is 3.61. The van der Waals surface area contributed by atoms with Gasteiger partial charge in [0.25, 0.3) is 0 Å². The Balaban J connectivity index is -0.000000392. The van der Waals surface area contributed by atoms with Crippen molar-refractivity contribution in [1.82, 2.24) is 0 Å². The quantitative estimate of drug-likeness (QED) is 0.243. The number of rotatable bonds is 8. The molecule has 0 saturated carbocycles. The summed E-state index contributed by atoms with van der Waals surface area (Å²) in [4.78, 5) is 26.2. The van der Waals surface area contributed by atoms with Crippen LogP contribution in [0.3, 0.4) is 0 Å². The molecule has 0 heterocycles. The van der Waals surface area contributed by atoms with Crippen LogP contribution in [0.1, 0.15) is 39.5 Å². The summed E-state index contributed by atoms with van der Waals surface area (Å²) in [5.41, 5.74) is 0. The van der Waals surface area contributed by atoms with Crippen LogP contribution in [0.2, 0.25) is 0 Å². The normalized spacial score (nSPS) is 8.22.